The van der Waals surface area contributed by atoms with E-state index >= 15 is 0 Å². The maximum absolute atomic E-state index is 11.0. The van der Waals surface area contributed by atoms with Gasteiger partial charge in [-0.15, -0.1) is 0 Å². The van der Waals surface area contributed by atoms with Gasteiger partial charge >= 0.3 is 5.69 Å². The molecule has 2 aromatic rings. The van der Waals surface area contributed by atoms with Crippen LogP contribution in [0.1, 0.15) is 22.9 Å². The Morgan fingerprint density at radius 2 is 1.90 bits per heavy atom. The maximum atomic E-state index is 11.0. The number of hydrogen-bond acceptors (Lipinski definition) is 6. The molecule has 1 unspecified atom stereocenters. The quantitative estimate of drug-likeness (QED) is 0.597. The molecule has 8 heteroatoms. The van der Waals surface area contributed by atoms with Crippen molar-refractivity contribution in [2.24, 2.45) is 0 Å². The lowest BCUT2D eigenvalue weighted by Gasteiger charge is -2.10. The zero-order valence-electron chi connectivity index (χ0n) is 11.3. The SMILES string of the molecule is Cc1noc(CC(C[N+](=O)[O-])c2ccccc2)c1[N+](=O)[O-]. The summed E-state index contributed by atoms with van der Waals surface area (Å²) < 4.78 is 4.98. The van der Waals surface area contributed by atoms with Crippen molar-refractivity contribution in [3.05, 3.63) is 67.6 Å². The summed E-state index contributed by atoms with van der Waals surface area (Å²) in [7, 11) is 0. The van der Waals surface area contributed by atoms with Gasteiger partial charge < -0.3 is 4.52 Å². The van der Waals surface area contributed by atoms with E-state index in [0.717, 1.165) is 5.56 Å². The first kappa shape index (κ1) is 14.6. The minimum absolute atomic E-state index is 0.0577. The fourth-order valence-electron chi connectivity index (χ4n) is 2.20. The van der Waals surface area contributed by atoms with E-state index in [9.17, 15) is 20.2 Å². The van der Waals surface area contributed by atoms with Crippen LogP contribution in [0.25, 0.3) is 0 Å². The first-order valence-corrected chi connectivity index (χ1v) is 6.25. The summed E-state index contributed by atoms with van der Waals surface area (Å²) in [6.45, 7) is 1.14. The van der Waals surface area contributed by atoms with Crippen LogP contribution in [-0.4, -0.2) is 21.5 Å². The Labute approximate surface area is 119 Å². The summed E-state index contributed by atoms with van der Waals surface area (Å²) in [5.41, 5.74) is 0.694. The molecule has 21 heavy (non-hydrogen) atoms. The molecular formula is C13H13N3O5. The van der Waals surface area contributed by atoms with E-state index in [1.807, 2.05) is 0 Å². The van der Waals surface area contributed by atoms with Gasteiger partial charge in [-0.1, -0.05) is 35.5 Å². The summed E-state index contributed by atoms with van der Waals surface area (Å²) in [5, 5.41) is 25.4. The molecule has 0 spiro atoms. The van der Waals surface area contributed by atoms with Crippen molar-refractivity contribution in [1.29, 1.82) is 0 Å². The standard InChI is InChI=1S/C13H13N3O5/c1-9-13(16(19)20)12(21-14-9)7-11(8-15(17)18)10-5-3-2-4-6-10/h2-6,11H,7-8H2,1H3. The highest BCUT2D eigenvalue weighted by Gasteiger charge is 2.29. The van der Waals surface area contributed by atoms with Crippen molar-refractivity contribution >= 4 is 5.69 Å². The van der Waals surface area contributed by atoms with Gasteiger partial charge in [0.05, 0.1) is 10.8 Å². The second kappa shape index (κ2) is 6.12. The van der Waals surface area contributed by atoms with Crippen LogP contribution in [0.2, 0.25) is 0 Å². The summed E-state index contributed by atoms with van der Waals surface area (Å²) in [6.07, 6.45) is 0.0577. The van der Waals surface area contributed by atoms with Gasteiger partial charge in [-0.2, -0.15) is 0 Å². The monoisotopic (exact) mass is 291 g/mol. The van der Waals surface area contributed by atoms with E-state index in [0.29, 0.717) is 0 Å². The first-order chi connectivity index (χ1) is 9.99. The maximum Gasteiger partial charge on any atom is 0.334 e. The second-order valence-electron chi connectivity index (χ2n) is 4.62. The molecule has 0 fully saturated rings. The fraction of sp³-hybridized carbons (Fsp3) is 0.308. The average Bonchev–Trinajstić information content (AvgIpc) is 2.79. The van der Waals surface area contributed by atoms with Crippen molar-refractivity contribution in [2.45, 2.75) is 19.3 Å². The number of nitro groups is 2. The van der Waals surface area contributed by atoms with Crippen molar-refractivity contribution in [3.8, 4) is 0 Å². The van der Waals surface area contributed by atoms with Crippen LogP contribution in [0.15, 0.2) is 34.9 Å². The molecule has 8 nitrogen and oxygen atoms in total. The topological polar surface area (TPSA) is 112 Å². The Morgan fingerprint density at radius 3 is 2.48 bits per heavy atom. The van der Waals surface area contributed by atoms with E-state index in [4.69, 9.17) is 4.52 Å². The predicted molar refractivity (Wildman–Crippen MR) is 72.6 cm³/mol. The highest BCUT2D eigenvalue weighted by Crippen LogP contribution is 2.29. The molecule has 0 saturated carbocycles. The van der Waals surface area contributed by atoms with E-state index in [-0.39, 0.29) is 30.1 Å². The molecule has 1 heterocycles. The Morgan fingerprint density at radius 1 is 1.24 bits per heavy atom. The molecule has 0 aliphatic rings. The van der Waals surface area contributed by atoms with Gasteiger partial charge in [-0.25, -0.2) is 0 Å². The van der Waals surface area contributed by atoms with Gasteiger partial charge in [0, 0.05) is 11.3 Å². The van der Waals surface area contributed by atoms with Crippen molar-refractivity contribution in [3.63, 3.8) is 0 Å². The molecule has 1 atom stereocenters. The van der Waals surface area contributed by atoms with E-state index in [1.54, 1.807) is 30.3 Å². The Bertz CT molecular complexity index is 653. The van der Waals surface area contributed by atoms with Gasteiger partial charge in [0.25, 0.3) is 0 Å². The van der Waals surface area contributed by atoms with E-state index in [1.165, 1.54) is 6.92 Å². The van der Waals surface area contributed by atoms with Crippen molar-refractivity contribution in [2.75, 3.05) is 6.54 Å². The number of aromatic nitrogens is 1. The van der Waals surface area contributed by atoms with Gasteiger partial charge in [-0.05, 0) is 12.5 Å². The number of rotatable bonds is 6. The van der Waals surface area contributed by atoms with Crippen LogP contribution < -0.4 is 0 Å². The van der Waals surface area contributed by atoms with Crippen molar-refractivity contribution < 1.29 is 14.4 Å². The molecule has 0 saturated heterocycles. The molecule has 0 bridgehead atoms. The highest BCUT2D eigenvalue weighted by molar-refractivity contribution is 5.38. The normalized spacial score (nSPS) is 12.0. The molecule has 0 radical (unpaired) electrons. The third-order valence-electron chi connectivity index (χ3n) is 3.15. The lowest BCUT2D eigenvalue weighted by Crippen LogP contribution is -2.15. The lowest BCUT2D eigenvalue weighted by atomic mass is 9.94. The number of nitrogens with zero attached hydrogens (tertiary/aromatic N) is 3. The molecule has 0 aliphatic carbocycles. The van der Waals surface area contributed by atoms with Gasteiger partial charge in [0.15, 0.2) is 5.69 Å². The lowest BCUT2D eigenvalue weighted by molar-refractivity contribution is -0.483. The Hall–Kier alpha value is -2.77. The number of aryl methyl sites for hydroxylation is 1. The Kier molecular flexibility index (Phi) is 4.27. The summed E-state index contributed by atoms with van der Waals surface area (Å²) in [6, 6.07) is 8.84. The zero-order chi connectivity index (χ0) is 15.4. The predicted octanol–water partition coefficient (Wildman–Crippen LogP) is 2.49. The molecule has 0 N–H and O–H groups in total. The minimum Gasteiger partial charge on any atom is -0.354 e. The third kappa shape index (κ3) is 3.41. The summed E-state index contributed by atoms with van der Waals surface area (Å²) in [4.78, 5) is 20.8. The van der Waals surface area contributed by atoms with Crippen LogP contribution in [0.5, 0.6) is 0 Å². The van der Waals surface area contributed by atoms with Gasteiger partial charge in [0.1, 0.15) is 0 Å². The molecule has 0 amide bonds. The largest absolute Gasteiger partial charge is 0.354 e. The molecule has 1 aromatic carbocycles. The summed E-state index contributed by atoms with van der Waals surface area (Å²) >= 11 is 0. The van der Waals surface area contributed by atoms with Crippen LogP contribution in [0, 0.1) is 27.2 Å². The minimum atomic E-state index is -0.574. The molecule has 2 rings (SSSR count). The average molecular weight is 291 g/mol. The van der Waals surface area contributed by atoms with Gasteiger partial charge in [-0.3, -0.25) is 20.2 Å². The van der Waals surface area contributed by atoms with Crippen LogP contribution in [0.3, 0.4) is 0 Å². The Balaban J connectivity index is 2.32. The fourth-order valence-corrected chi connectivity index (χ4v) is 2.20. The first-order valence-electron chi connectivity index (χ1n) is 6.25. The van der Waals surface area contributed by atoms with Crippen LogP contribution in [0.4, 0.5) is 5.69 Å². The smallest absolute Gasteiger partial charge is 0.334 e. The van der Waals surface area contributed by atoms with Crippen LogP contribution in [-0.2, 0) is 6.42 Å². The zero-order valence-corrected chi connectivity index (χ0v) is 11.3. The van der Waals surface area contributed by atoms with Crippen molar-refractivity contribution in [1.82, 2.24) is 5.16 Å². The summed E-state index contributed by atoms with van der Waals surface area (Å²) in [5.74, 6) is -0.444. The molecule has 110 valence electrons. The molecule has 1 aromatic heterocycles. The highest BCUT2D eigenvalue weighted by atomic mass is 16.6. The number of hydrogen-bond donors (Lipinski definition) is 0. The van der Waals surface area contributed by atoms with E-state index < -0.39 is 15.8 Å². The molecular weight excluding hydrogens is 278 g/mol. The number of benzene rings is 1. The van der Waals surface area contributed by atoms with E-state index in [2.05, 4.69) is 5.16 Å². The molecule has 0 aliphatic heterocycles. The third-order valence-corrected chi connectivity index (χ3v) is 3.15. The van der Waals surface area contributed by atoms with Crippen LogP contribution >= 0.6 is 0 Å². The second-order valence-corrected chi connectivity index (χ2v) is 4.62. The van der Waals surface area contributed by atoms with Gasteiger partial charge in [0.2, 0.25) is 12.3 Å².